The third kappa shape index (κ3) is 6.28. The van der Waals surface area contributed by atoms with Crippen LogP contribution >= 0.6 is 11.8 Å². The monoisotopic (exact) mass is 512 g/mol. The van der Waals surface area contributed by atoms with Crippen LogP contribution in [0, 0.1) is 11.8 Å². The Balaban J connectivity index is 1.33. The number of carboxylic acids is 1. The van der Waals surface area contributed by atoms with Crippen LogP contribution in [0.2, 0.25) is 0 Å². The predicted molar refractivity (Wildman–Crippen MR) is 141 cm³/mol. The third-order valence-electron chi connectivity index (χ3n) is 7.00. The van der Waals surface area contributed by atoms with Gasteiger partial charge >= 0.3 is 5.97 Å². The van der Waals surface area contributed by atoms with E-state index in [2.05, 4.69) is 9.88 Å². The summed E-state index contributed by atoms with van der Waals surface area (Å²) in [5.41, 5.74) is 1.30. The number of para-hydroxylation sites is 1. The number of carboxylic acid groups (broad SMARTS) is 1. The molecular formula is C28H33FN2O4S. The average molecular weight is 513 g/mol. The van der Waals surface area contributed by atoms with Gasteiger partial charge in [0, 0.05) is 35.3 Å². The van der Waals surface area contributed by atoms with Gasteiger partial charge < -0.3 is 19.5 Å². The van der Waals surface area contributed by atoms with Crippen molar-refractivity contribution in [1.82, 2.24) is 9.88 Å². The van der Waals surface area contributed by atoms with Crippen LogP contribution in [0.15, 0.2) is 59.6 Å². The summed E-state index contributed by atoms with van der Waals surface area (Å²) in [5, 5.41) is 10.7. The number of aromatic nitrogens is 1. The van der Waals surface area contributed by atoms with Crippen molar-refractivity contribution >= 4 is 28.6 Å². The highest BCUT2D eigenvalue weighted by Gasteiger charge is 2.34. The van der Waals surface area contributed by atoms with E-state index in [1.165, 1.54) is 0 Å². The highest BCUT2D eigenvalue weighted by Crippen LogP contribution is 2.36. The average Bonchev–Trinajstić information content (AvgIpc) is 2.91. The number of thioether (sulfide) groups is 1. The van der Waals surface area contributed by atoms with E-state index >= 15 is 4.39 Å². The summed E-state index contributed by atoms with van der Waals surface area (Å²) in [6, 6.07) is 15.1. The molecule has 2 aromatic carbocycles. The number of hydrogen-bond acceptors (Lipinski definition) is 6. The largest absolute Gasteiger partial charge is 0.497 e. The van der Waals surface area contributed by atoms with Crippen LogP contribution in [0.1, 0.15) is 31.0 Å². The van der Waals surface area contributed by atoms with Gasteiger partial charge in [-0.3, -0.25) is 9.78 Å². The van der Waals surface area contributed by atoms with Crippen molar-refractivity contribution in [3.05, 3.63) is 60.3 Å². The van der Waals surface area contributed by atoms with Gasteiger partial charge in [-0.2, -0.15) is 0 Å². The quantitative estimate of drug-likeness (QED) is 0.323. The van der Waals surface area contributed by atoms with Crippen LogP contribution in [0.3, 0.4) is 0 Å². The zero-order valence-electron chi connectivity index (χ0n) is 20.7. The molecule has 0 radical (unpaired) electrons. The summed E-state index contributed by atoms with van der Waals surface area (Å²) < 4.78 is 26.1. The van der Waals surface area contributed by atoms with Crippen LogP contribution < -0.4 is 9.47 Å². The van der Waals surface area contributed by atoms with Crippen LogP contribution in [-0.2, 0) is 4.79 Å². The number of carbonyl (C=O) groups is 1. The number of nitrogens with zero attached hydrogens (tertiary/aromatic N) is 2. The first kappa shape index (κ1) is 26.2. The SMILES string of the molecule is COc1ccc2nccc(C(F)CC[C@@H]3CCN(CCSc4ccccc4OC)C[C@@H]3C(=O)O)c2c1. The van der Waals surface area contributed by atoms with Gasteiger partial charge in [-0.15, -0.1) is 11.8 Å². The van der Waals surface area contributed by atoms with Crippen LogP contribution in [-0.4, -0.2) is 60.6 Å². The molecule has 0 amide bonds. The molecule has 0 spiro atoms. The van der Waals surface area contributed by atoms with Crippen LogP contribution in [0.25, 0.3) is 10.9 Å². The minimum absolute atomic E-state index is 0.0403. The summed E-state index contributed by atoms with van der Waals surface area (Å²) in [4.78, 5) is 19.7. The van der Waals surface area contributed by atoms with Crippen LogP contribution in [0.4, 0.5) is 4.39 Å². The van der Waals surface area contributed by atoms with Gasteiger partial charge in [0.05, 0.1) is 25.7 Å². The van der Waals surface area contributed by atoms with Crippen LogP contribution in [0.5, 0.6) is 11.5 Å². The molecule has 0 bridgehead atoms. The molecule has 0 saturated carbocycles. The Bertz CT molecular complexity index is 1180. The molecule has 1 fully saturated rings. The van der Waals surface area contributed by atoms with E-state index in [0.29, 0.717) is 24.3 Å². The number of likely N-dealkylation sites (tertiary alicyclic amines) is 1. The summed E-state index contributed by atoms with van der Waals surface area (Å²) in [6.45, 7) is 2.13. The first-order valence-electron chi connectivity index (χ1n) is 12.3. The molecule has 0 aliphatic carbocycles. The molecule has 1 saturated heterocycles. The molecule has 4 rings (SSSR count). The Hall–Kier alpha value is -2.84. The third-order valence-corrected chi connectivity index (χ3v) is 8.04. The molecule has 1 aromatic heterocycles. The summed E-state index contributed by atoms with van der Waals surface area (Å²) in [7, 11) is 3.25. The van der Waals surface area contributed by atoms with E-state index in [-0.39, 0.29) is 12.3 Å². The standard InChI is InChI=1S/C28H33FN2O4S/c1-34-20-8-10-25-22(17-20)21(11-13-30-25)24(29)9-7-19-12-14-31(18-23(19)28(32)33)15-16-36-27-6-4-3-5-26(27)35-2/h3-6,8,10-11,13,17,19,23-24H,7,9,12,14-16,18H2,1-2H3,(H,32,33)/t19-,23+,24?/m1/s1. The number of methoxy groups -OCH3 is 2. The highest BCUT2D eigenvalue weighted by atomic mass is 32.2. The highest BCUT2D eigenvalue weighted by molar-refractivity contribution is 7.99. The van der Waals surface area contributed by atoms with E-state index in [0.717, 1.165) is 46.8 Å². The summed E-state index contributed by atoms with van der Waals surface area (Å²) >= 11 is 1.71. The number of ether oxygens (including phenoxy) is 2. The zero-order valence-corrected chi connectivity index (χ0v) is 21.5. The molecule has 1 unspecified atom stereocenters. The molecule has 2 heterocycles. The fraction of sp³-hybridized carbons (Fsp3) is 0.429. The fourth-order valence-electron chi connectivity index (χ4n) is 4.98. The van der Waals surface area contributed by atoms with Crippen molar-refractivity contribution in [2.75, 3.05) is 39.6 Å². The Morgan fingerprint density at radius 1 is 1.22 bits per heavy atom. The van der Waals surface area contributed by atoms with E-state index in [9.17, 15) is 9.90 Å². The van der Waals surface area contributed by atoms with Crippen molar-refractivity contribution in [3.8, 4) is 11.5 Å². The van der Waals surface area contributed by atoms with Gasteiger partial charge in [-0.1, -0.05) is 12.1 Å². The van der Waals surface area contributed by atoms with E-state index < -0.39 is 18.1 Å². The second-order valence-corrected chi connectivity index (χ2v) is 10.3. The van der Waals surface area contributed by atoms with Crippen molar-refractivity contribution in [2.45, 2.75) is 30.3 Å². The second-order valence-electron chi connectivity index (χ2n) is 9.12. The Morgan fingerprint density at radius 2 is 2.06 bits per heavy atom. The number of hydrogen-bond donors (Lipinski definition) is 1. The normalized spacial score (nSPS) is 19.2. The molecule has 1 N–H and O–H groups in total. The Kier molecular flexibility index (Phi) is 9.04. The van der Waals surface area contributed by atoms with Gasteiger partial charge in [0.15, 0.2) is 0 Å². The molecular weight excluding hydrogens is 479 g/mol. The molecule has 192 valence electrons. The lowest BCUT2D eigenvalue weighted by atomic mass is 9.81. The van der Waals surface area contributed by atoms with Gasteiger partial charge in [0.1, 0.15) is 17.7 Å². The van der Waals surface area contributed by atoms with Crippen molar-refractivity contribution < 1.29 is 23.8 Å². The molecule has 6 nitrogen and oxygen atoms in total. The predicted octanol–water partition coefficient (Wildman–Crippen LogP) is 5.86. The second kappa shape index (κ2) is 12.4. The summed E-state index contributed by atoms with van der Waals surface area (Å²) in [5.74, 6) is 1.04. The minimum atomic E-state index is -1.19. The first-order valence-corrected chi connectivity index (χ1v) is 13.3. The lowest BCUT2D eigenvalue weighted by Gasteiger charge is -2.36. The maximum Gasteiger partial charge on any atom is 0.308 e. The fourth-order valence-corrected chi connectivity index (χ4v) is 6.02. The maximum atomic E-state index is 15.4. The number of aliphatic carboxylic acids is 1. The van der Waals surface area contributed by atoms with E-state index in [1.807, 2.05) is 42.5 Å². The smallest absolute Gasteiger partial charge is 0.308 e. The number of halogens is 1. The maximum absolute atomic E-state index is 15.4. The van der Waals surface area contributed by atoms with E-state index in [4.69, 9.17) is 9.47 Å². The van der Waals surface area contributed by atoms with Gasteiger partial charge in [-0.05, 0) is 73.7 Å². The van der Waals surface area contributed by atoms with Crippen molar-refractivity contribution in [1.29, 1.82) is 0 Å². The zero-order chi connectivity index (χ0) is 25.5. The molecule has 1 aliphatic heterocycles. The number of benzene rings is 2. The number of alkyl halides is 1. The number of piperidine rings is 1. The number of pyridine rings is 1. The topological polar surface area (TPSA) is 71.9 Å². The first-order chi connectivity index (χ1) is 17.5. The number of fused-ring (bicyclic) bond motifs is 1. The lowest BCUT2D eigenvalue weighted by molar-refractivity contribution is -0.146. The molecule has 3 aromatic rings. The molecule has 3 atom stereocenters. The summed E-state index contributed by atoms with van der Waals surface area (Å²) in [6.07, 6.45) is 2.02. The Labute approximate surface area is 215 Å². The molecule has 8 heteroatoms. The van der Waals surface area contributed by atoms with Gasteiger partial charge in [0.25, 0.3) is 0 Å². The van der Waals surface area contributed by atoms with Gasteiger partial charge in [0.2, 0.25) is 0 Å². The van der Waals surface area contributed by atoms with Gasteiger partial charge in [-0.25, -0.2) is 4.39 Å². The lowest BCUT2D eigenvalue weighted by Crippen LogP contribution is -2.44. The molecule has 1 aliphatic rings. The minimum Gasteiger partial charge on any atom is -0.497 e. The van der Waals surface area contributed by atoms with Crippen molar-refractivity contribution in [3.63, 3.8) is 0 Å². The Morgan fingerprint density at radius 3 is 2.83 bits per heavy atom. The number of rotatable bonds is 11. The van der Waals surface area contributed by atoms with Crippen molar-refractivity contribution in [2.24, 2.45) is 11.8 Å². The molecule has 36 heavy (non-hydrogen) atoms. The van der Waals surface area contributed by atoms with E-state index in [1.54, 1.807) is 38.2 Å².